The van der Waals surface area contributed by atoms with Gasteiger partial charge in [0.25, 0.3) is 0 Å². The molecule has 5 nitrogen and oxygen atoms in total. The fourth-order valence-corrected chi connectivity index (χ4v) is 1.53. The van der Waals surface area contributed by atoms with Crippen molar-refractivity contribution in [2.75, 3.05) is 73.0 Å². The van der Waals surface area contributed by atoms with Crippen LogP contribution in [0.3, 0.4) is 0 Å². The van der Waals surface area contributed by atoms with Crippen LogP contribution in [0.15, 0.2) is 0 Å². The van der Waals surface area contributed by atoms with E-state index >= 15 is 0 Å². The lowest BCUT2D eigenvalue weighted by Gasteiger charge is -2.16. The largest absolute Gasteiger partial charge is 0.330 e. The first-order chi connectivity index (χ1) is 11.9. The molecule has 0 aliphatic carbocycles. The highest BCUT2D eigenvalue weighted by atomic mass is 15.1. The van der Waals surface area contributed by atoms with Crippen molar-refractivity contribution in [3.8, 4) is 0 Å². The van der Waals surface area contributed by atoms with E-state index in [-0.39, 0.29) is 0 Å². The van der Waals surface area contributed by atoms with Crippen molar-refractivity contribution in [1.82, 2.24) is 14.7 Å². The van der Waals surface area contributed by atoms with Gasteiger partial charge < -0.3 is 26.2 Å². The van der Waals surface area contributed by atoms with Gasteiger partial charge in [-0.1, -0.05) is 48.5 Å². The normalized spacial score (nSPS) is 9.84. The van der Waals surface area contributed by atoms with Gasteiger partial charge in [0.2, 0.25) is 0 Å². The first kappa shape index (κ1) is 32.5. The summed E-state index contributed by atoms with van der Waals surface area (Å²) in [6, 6.07) is 0. The molecule has 0 aromatic rings. The highest BCUT2D eigenvalue weighted by Gasteiger charge is 1.94. The maximum atomic E-state index is 5.36. The molecule has 5 heteroatoms. The lowest BCUT2D eigenvalue weighted by molar-refractivity contribution is 0.302. The zero-order valence-corrected chi connectivity index (χ0v) is 19.3. The van der Waals surface area contributed by atoms with Gasteiger partial charge in [-0.15, -0.1) is 0 Å². The molecule has 4 N–H and O–H groups in total. The Bertz CT molecular complexity index is 173. The van der Waals surface area contributed by atoms with Gasteiger partial charge in [0, 0.05) is 0 Å². The Labute approximate surface area is 161 Å². The second-order valence-electron chi connectivity index (χ2n) is 5.97. The molecule has 0 unspecified atom stereocenters. The van der Waals surface area contributed by atoms with Gasteiger partial charge in [-0.05, 0) is 85.8 Å². The quantitative estimate of drug-likeness (QED) is 0.625. The summed E-state index contributed by atoms with van der Waals surface area (Å²) >= 11 is 0. The minimum atomic E-state index is 0.816. The lowest BCUT2D eigenvalue weighted by Crippen LogP contribution is -2.25. The van der Waals surface area contributed by atoms with Crippen molar-refractivity contribution >= 4 is 0 Å². The summed E-state index contributed by atoms with van der Waals surface area (Å²) in [6.07, 6.45) is 2.22. The molecule has 158 valence electrons. The van der Waals surface area contributed by atoms with E-state index in [0.717, 1.165) is 52.1 Å². The summed E-state index contributed by atoms with van der Waals surface area (Å²) in [6.45, 7) is 24.9. The third-order valence-corrected chi connectivity index (χ3v) is 3.84. The Kier molecular flexibility index (Phi) is 41.0. The number of hydrogen-bond donors (Lipinski definition) is 2. The number of hydrogen-bond acceptors (Lipinski definition) is 5. The monoisotopic (exact) mass is 363 g/mol. The molecule has 0 radical (unpaired) electrons. The lowest BCUT2D eigenvalue weighted by atomic mass is 10.4. The summed E-state index contributed by atoms with van der Waals surface area (Å²) in [4.78, 5) is 6.88. The summed E-state index contributed by atoms with van der Waals surface area (Å²) in [5, 5.41) is 0. The van der Waals surface area contributed by atoms with E-state index in [1.807, 2.05) is 0 Å². The molecular formula is C20H53N5. The van der Waals surface area contributed by atoms with Crippen LogP contribution in [0.2, 0.25) is 0 Å². The SMILES string of the molecule is CCCN.CCN(C)C.CCN(CC)CC.CCN(CC)CCCN. The Hall–Kier alpha value is -0.200. The molecule has 0 aliphatic rings. The van der Waals surface area contributed by atoms with E-state index in [4.69, 9.17) is 11.5 Å². The molecule has 0 bridgehead atoms. The molecule has 0 aromatic heterocycles. The van der Waals surface area contributed by atoms with Crippen LogP contribution in [-0.2, 0) is 0 Å². The number of nitrogens with zero attached hydrogens (tertiary/aromatic N) is 3. The number of nitrogens with two attached hydrogens (primary N) is 2. The molecule has 25 heavy (non-hydrogen) atoms. The zero-order valence-electron chi connectivity index (χ0n) is 19.3. The molecular weight excluding hydrogens is 310 g/mol. The summed E-state index contributed by atoms with van der Waals surface area (Å²) < 4.78 is 0. The summed E-state index contributed by atoms with van der Waals surface area (Å²) in [5.41, 5.74) is 10.4. The molecule has 0 atom stereocenters. The van der Waals surface area contributed by atoms with Gasteiger partial charge in [-0.25, -0.2) is 0 Å². The second-order valence-corrected chi connectivity index (χ2v) is 5.97. The van der Waals surface area contributed by atoms with Crippen LogP contribution in [0.1, 0.15) is 61.3 Å². The minimum absolute atomic E-state index is 0.816. The third-order valence-electron chi connectivity index (χ3n) is 3.84. The van der Waals surface area contributed by atoms with Crippen molar-refractivity contribution in [2.45, 2.75) is 61.3 Å². The predicted molar refractivity (Wildman–Crippen MR) is 118 cm³/mol. The van der Waals surface area contributed by atoms with Gasteiger partial charge in [0.05, 0.1) is 0 Å². The van der Waals surface area contributed by atoms with Crippen LogP contribution in [0, 0.1) is 0 Å². The van der Waals surface area contributed by atoms with Crippen LogP contribution in [-0.4, -0.2) is 87.7 Å². The van der Waals surface area contributed by atoms with E-state index < -0.39 is 0 Å². The zero-order chi connectivity index (χ0) is 20.5. The minimum Gasteiger partial charge on any atom is -0.330 e. The Morgan fingerprint density at radius 3 is 1.00 bits per heavy atom. The van der Waals surface area contributed by atoms with E-state index in [0.29, 0.717) is 0 Å². The first-order valence-corrected chi connectivity index (χ1v) is 10.4. The average molecular weight is 364 g/mol. The average Bonchev–Trinajstić information content (AvgIpc) is 2.65. The van der Waals surface area contributed by atoms with Crippen molar-refractivity contribution in [3.05, 3.63) is 0 Å². The van der Waals surface area contributed by atoms with Crippen LogP contribution in [0.4, 0.5) is 0 Å². The van der Waals surface area contributed by atoms with Gasteiger partial charge in [0.1, 0.15) is 0 Å². The van der Waals surface area contributed by atoms with E-state index in [1.54, 1.807) is 0 Å². The summed E-state index contributed by atoms with van der Waals surface area (Å²) in [5.74, 6) is 0. The van der Waals surface area contributed by atoms with Crippen LogP contribution >= 0.6 is 0 Å². The predicted octanol–water partition coefficient (Wildman–Crippen LogP) is 2.95. The number of rotatable bonds is 10. The Morgan fingerprint density at radius 2 is 0.880 bits per heavy atom. The second kappa shape index (κ2) is 31.6. The van der Waals surface area contributed by atoms with E-state index in [2.05, 4.69) is 77.3 Å². The molecule has 0 saturated heterocycles. The fraction of sp³-hybridized carbons (Fsp3) is 1.00. The van der Waals surface area contributed by atoms with Crippen LogP contribution in [0.25, 0.3) is 0 Å². The molecule has 0 heterocycles. The molecule has 0 aromatic carbocycles. The molecule has 0 fully saturated rings. The highest BCUT2D eigenvalue weighted by molar-refractivity contribution is 4.51. The summed E-state index contributed by atoms with van der Waals surface area (Å²) in [7, 11) is 4.11. The molecule has 0 rings (SSSR count). The van der Waals surface area contributed by atoms with E-state index in [1.165, 1.54) is 19.6 Å². The van der Waals surface area contributed by atoms with Crippen LogP contribution < -0.4 is 11.5 Å². The van der Waals surface area contributed by atoms with Crippen molar-refractivity contribution in [3.63, 3.8) is 0 Å². The van der Waals surface area contributed by atoms with Gasteiger partial charge >= 0.3 is 0 Å². The standard InChI is InChI=1S/C7H18N2.C6H15N.C4H11N.C3H9N/c1-3-9(4-2)7-5-6-8;1-4-7(5-2)6-3;1-4-5(2)3;1-2-3-4/h3-8H2,1-2H3;4-6H2,1-3H3;4H2,1-3H3;2-4H2,1H3. The van der Waals surface area contributed by atoms with Gasteiger partial charge in [-0.3, -0.25) is 0 Å². The molecule has 0 spiro atoms. The highest BCUT2D eigenvalue weighted by Crippen LogP contribution is 1.87. The maximum Gasteiger partial charge on any atom is -0.000695 e. The van der Waals surface area contributed by atoms with Crippen molar-refractivity contribution < 1.29 is 0 Å². The maximum absolute atomic E-state index is 5.36. The smallest absolute Gasteiger partial charge is 0.000695 e. The molecule has 0 saturated carbocycles. The third kappa shape index (κ3) is 40.1. The van der Waals surface area contributed by atoms with Gasteiger partial charge in [-0.2, -0.15) is 0 Å². The topological polar surface area (TPSA) is 61.8 Å². The fourth-order valence-electron chi connectivity index (χ4n) is 1.53. The Morgan fingerprint density at radius 1 is 0.560 bits per heavy atom. The Balaban J connectivity index is -0.000000123. The first-order valence-electron chi connectivity index (χ1n) is 10.4. The molecule has 0 aliphatic heterocycles. The van der Waals surface area contributed by atoms with Crippen molar-refractivity contribution in [1.29, 1.82) is 0 Å². The van der Waals surface area contributed by atoms with Crippen molar-refractivity contribution in [2.24, 2.45) is 11.5 Å². The molecule has 0 amide bonds. The van der Waals surface area contributed by atoms with Gasteiger partial charge in [0.15, 0.2) is 0 Å². The van der Waals surface area contributed by atoms with Crippen LogP contribution in [0.5, 0.6) is 0 Å². The van der Waals surface area contributed by atoms with E-state index in [9.17, 15) is 0 Å².